The summed E-state index contributed by atoms with van der Waals surface area (Å²) in [5.74, 6) is 0. The molecule has 0 heterocycles. The lowest BCUT2D eigenvalue weighted by Gasteiger charge is -2.22. The minimum absolute atomic E-state index is 0.341. The molecular formula is C12H16Cl2N2O4. The van der Waals surface area contributed by atoms with Crippen molar-refractivity contribution in [3.8, 4) is 0 Å². The third-order valence-corrected chi connectivity index (χ3v) is 3.09. The maximum absolute atomic E-state index is 9.56. The molecule has 4 atom stereocenters. The molecule has 0 radical (unpaired) electrons. The number of aliphatic hydroxyl groups excluding tert-OH is 4. The number of hydrazone groups is 1. The summed E-state index contributed by atoms with van der Waals surface area (Å²) < 4.78 is 0. The zero-order valence-corrected chi connectivity index (χ0v) is 12.1. The molecule has 0 spiro atoms. The largest absolute Gasteiger partial charge is 0.391 e. The highest BCUT2D eigenvalue weighted by atomic mass is 35.5. The molecule has 0 aromatic heterocycles. The van der Waals surface area contributed by atoms with Crippen LogP contribution in [0.15, 0.2) is 23.3 Å². The van der Waals surface area contributed by atoms with E-state index in [2.05, 4.69) is 10.5 Å². The number of hydrogen-bond donors (Lipinski definition) is 5. The van der Waals surface area contributed by atoms with Crippen LogP contribution < -0.4 is 5.43 Å². The summed E-state index contributed by atoms with van der Waals surface area (Å²) in [4.78, 5) is 0. The standard InChI is InChI=1S/C12H16Cl2N2O4/c1-6(17)11(19)12(20)10(18)5-15-16-9-3-2-7(13)4-8(9)14/h2-6,10-12,16-20H,1H3/b15-5+/t6-,10-,11-,12-/m0/s1. The number of aliphatic hydroxyl groups is 4. The van der Waals surface area contributed by atoms with E-state index in [1.54, 1.807) is 12.1 Å². The Hall–Kier alpha value is -0.890. The molecule has 1 aromatic rings. The smallest absolute Gasteiger partial charge is 0.119 e. The van der Waals surface area contributed by atoms with Crippen molar-refractivity contribution in [2.75, 3.05) is 5.43 Å². The zero-order valence-electron chi connectivity index (χ0n) is 10.6. The first-order valence-electron chi connectivity index (χ1n) is 5.79. The van der Waals surface area contributed by atoms with Gasteiger partial charge in [0, 0.05) is 5.02 Å². The maximum Gasteiger partial charge on any atom is 0.119 e. The minimum Gasteiger partial charge on any atom is -0.391 e. The Balaban J connectivity index is 2.60. The molecule has 0 saturated heterocycles. The van der Waals surface area contributed by atoms with E-state index in [1.807, 2.05) is 0 Å². The van der Waals surface area contributed by atoms with Crippen molar-refractivity contribution in [2.45, 2.75) is 31.3 Å². The summed E-state index contributed by atoms with van der Waals surface area (Å²) in [6.07, 6.45) is -4.66. The first-order chi connectivity index (χ1) is 9.32. The molecule has 6 nitrogen and oxygen atoms in total. The van der Waals surface area contributed by atoms with Crippen LogP contribution in [-0.2, 0) is 0 Å². The van der Waals surface area contributed by atoms with Crippen molar-refractivity contribution in [1.82, 2.24) is 0 Å². The molecule has 0 aliphatic rings. The minimum atomic E-state index is -1.55. The third-order valence-electron chi connectivity index (χ3n) is 2.54. The van der Waals surface area contributed by atoms with Gasteiger partial charge < -0.3 is 20.4 Å². The highest BCUT2D eigenvalue weighted by molar-refractivity contribution is 6.36. The van der Waals surface area contributed by atoms with E-state index in [4.69, 9.17) is 28.3 Å². The van der Waals surface area contributed by atoms with Crippen LogP contribution in [0.3, 0.4) is 0 Å². The lowest BCUT2D eigenvalue weighted by Crippen LogP contribution is -2.44. The predicted molar refractivity (Wildman–Crippen MR) is 78.3 cm³/mol. The monoisotopic (exact) mass is 322 g/mol. The van der Waals surface area contributed by atoms with Gasteiger partial charge in [-0.2, -0.15) is 5.10 Å². The van der Waals surface area contributed by atoms with Crippen molar-refractivity contribution in [2.24, 2.45) is 5.10 Å². The number of rotatable bonds is 6. The summed E-state index contributed by atoms with van der Waals surface area (Å²) in [5.41, 5.74) is 3.02. The molecule has 5 N–H and O–H groups in total. The Morgan fingerprint density at radius 1 is 1.15 bits per heavy atom. The Morgan fingerprint density at radius 3 is 2.35 bits per heavy atom. The van der Waals surface area contributed by atoms with Crippen molar-refractivity contribution >= 4 is 35.1 Å². The van der Waals surface area contributed by atoms with Crippen LogP contribution >= 0.6 is 23.2 Å². The van der Waals surface area contributed by atoms with E-state index in [-0.39, 0.29) is 0 Å². The normalized spacial score (nSPS) is 17.8. The Kier molecular flexibility index (Phi) is 6.67. The second-order valence-electron chi connectivity index (χ2n) is 4.23. The molecule has 1 aromatic carbocycles. The van der Waals surface area contributed by atoms with Gasteiger partial charge >= 0.3 is 0 Å². The number of halogens is 2. The van der Waals surface area contributed by atoms with Crippen molar-refractivity contribution in [1.29, 1.82) is 0 Å². The fourth-order valence-electron chi connectivity index (χ4n) is 1.34. The summed E-state index contributed by atoms with van der Waals surface area (Å²) in [6, 6.07) is 4.71. The summed E-state index contributed by atoms with van der Waals surface area (Å²) >= 11 is 11.6. The van der Waals surface area contributed by atoms with E-state index >= 15 is 0 Å². The van der Waals surface area contributed by atoms with Gasteiger partial charge in [-0.15, -0.1) is 0 Å². The Bertz CT molecular complexity index is 471. The Morgan fingerprint density at radius 2 is 1.80 bits per heavy atom. The second kappa shape index (κ2) is 7.78. The quantitative estimate of drug-likeness (QED) is 0.394. The number of benzene rings is 1. The van der Waals surface area contributed by atoms with Crippen LogP contribution in [0, 0.1) is 0 Å². The highest BCUT2D eigenvalue weighted by Crippen LogP contribution is 2.25. The summed E-state index contributed by atoms with van der Waals surface area (Å²) in [6.45, 7) is 1.30. The predicted octanol–water partition coefficient (Wildman–Crippen LogP) is 0.855. The van der Waals surface area contributed by atoms with Crippen molar-refractivity contribution in [3.63, 3.8) is 0 Å². The molecule has 0 fully saturated rings. The molecule has 20 heavy (non-hydrogen) atoms. The molecule has 0 aliphatic heterocycles. The van der Waals surface area contributed by atoms with E-state index in [1.165, 1.54) is 13.0 Å². The van der Waals surface area contributed by atoms with Crippen LogP contribution in [-0.4, -0.2) is 51.1 Å². The lowest BCUT2D eigenvalue weighted by molar-refractivity contribution is -0.0820. The van der Waals surface area contributed by atoms with E-state index < -0.39 is 24.4 Å². The first-order valence-corrected chi connectivity index (χ1v) is 6.55. The number of hydrogen-bond acceptors (Lipinski definition) is 6. The Labute approximate surface area is 126 Å². The molecule has 1 rings (SSSR count). The highest BCUT2D eigenvalue weighted by Gasteiger charge is 2.26. The van der Waals surface area contributed by atoms with Gasteiger partial charge in [-0.1, -0.05) is 23.2 Å². The molecule has 0 amide bonds. The lowest BCUT2D eigenvalue weighted by atomic mass is 10.1. The van der Waals surface area contributed by atoms with E-state index in [0.717, 1.165) is 6.21 Å². The third kappa shape index (κ3) is 4.90. The van der Waals surface area contributed by atoms with Gasteiger partial charge in [0.05, 0.1) is 23.0 Å². The van der Waals surface area contributed by atoms with Crippen LogP contribution in [0.5, 0.6) is 0 Å². The fourth-order valence-corrected chi connectivity index (χ4v) is 1.79. The van der Waals surface area contributed by atoms with E-state index in [9.17, 15) is 15.3 Å². The van der Waals surface area contributed by atoms with Gasteiger partial charge in [0.25, 0.3) is 0 Å². The molecule has 0 unspecified atom stereocenters. The molecular weight excluding hydrogens is 307 g/mol. The van der Waals surface area contributed by atoms with Gasteiger partial charge in [0.2, 0.25) is 0 Å². The zero-order chi connectivity index (χ0) is 15.3. The number of nitrogens with one attached hydrogen (secondary N) is 1. The number of anilines is 1. The maximum atomic E-state index is 9.56. The van der Waals surface area contributed by atoms with Crippen LogP contribution in [0.2, 0.25) is 10.0 Å². The molecule has 0 saturated carbocycles. The molecule has 0 aliphatic carbocycles. The van der Waals surface area contributed by atoms with E-state index in [0.29, 0.717) is 15.7 Å². The number of nitrogens with zero attached hydrogens (tertiary/aromatic N) is 1. The van der Waals surface area contributed by atoms with Crippen molar-refractivity contribution < 1.29 is 20.4 Å². The van der Waals surface area contributed by atoms with Gasteiger partial charge in [-0.05, 0) is 25.1 Å². The SMILES string of the molecule is C[C@H](O)[C@H](O)[C@@H](O)[C@@H](O)/C=N/Nc1ccc(Cl)cc1Cl. The average Bonchev–Trinajstić information content (AvgIpc) is 2.39. The second-order valence-corrected chi connectivity index (χ2v) is 5.07. The molecule has 112 valence electrons. The van der Waals surface area contributed by atoms with Crippen LogP contribution in [0.1, 0.15) is 6.92 Å². The van der Waals surface area contributed by atoms with Gasteiger partial charge in [-0.25, -0.2) is 0 Å². The fraction of sp³-hybridized carbons (Fsp3) is 0.417. The van der Waals surface area contributed by atoms with Crippen molar-refractivity contribution in [3.05, 3.63) is 28.2 Å². The molecule has 8 heteroatoms. The molecule has 0 bridgehead atoms. The average molecular weight is 323 g/mol. The van der Waals surface area contributed by atoms with Crippen LogP contribution in [0.4, 0.5) is 5.69 Å². The summed E-state index contributed by atoms with van der Waals surface area (Å²) in [5, 5.41) is 42.1. The van der Waals surface area contributed by atoms with Crippen LogP contribution in [0.25, 0.3) is 0 Å². The summed E-state index contributed by atoms with van der Waals surface area (Å²) in [7, 11) is 0. The van der Waals surface area contributed by atoms with Gasteiger partial charge in [0.1, 0.15) is 18.3 Å². The topological polar surface area (TPSA) is 105 Å². The first kappa shape index (κ1) is 17.2. The van der Waals surface area contributed by atoms with Gasteiger partial charge in [0.15, 0.2) is 0 Å². The van der Waals surface area contributed by atoms with Gasteiger partial charge in [-0.3, -0.25) is 5.43 Å².